The highest BCUT2D eigenvalue weighted by molar-refractivity contribution is 5.81. The van der Waals surface area contributed by atoms with E-state index in [1.54, 1.807) is 27.4 Å². The van der Waals surface area contributed by atoms with Crippen LogP contribution in [0.1, 0.15) is 19.4 Å². The molecule has 0 aromatic heterocycles. The number of nitrogens with one attached hydrogen (secondary N) is 2. The van der Waals surface area contributed by atoms with Crippen LogP contribution in [0.2, 0.25) is 0 Å². The van der Waals surface area contributed by atoms with Crippen LogP contribution < -0.4 is 24.8 Å². The molecule has 0 heterocycles. The average Bonchev–Trinajstić information content (AvgIpc) is 2.51. The fourth-order valence-corrected chi connectivity index (χ4v) is 1.91. The summed E-state index contributed by atoms with van der Waals surface area (Å²) in [5, 5.41) is 5.93. The third-order valence-electron chi connectivity index (χ3n) is 3.13. The van der Waals surface area contributed by atoms with Gasteiger partial charge in [0.25, 0.3) is 0 Å². The third kappa shape index (κ3) is 4.53. The van der Waals surface area contributed by atoms with Crippen LogP contribution >= 0.6 is 0 Å². The Balaban J connectivity index is 2.84. The van der Waals surface area contributed by atoms with Crippen LogP contribution in [0.4, 0.5) is 0 Å². The Morgan fingerprint density at radius 3 is 2.19 bits per heavy atom. The first kappa shape index (κ1) is 17.1. The molecule has 0 fully saturated rings. The fourth-order valence-electron chi connectivity index (χ4n) is 1.91. The molecule has 21 heavy (non-hydrogen) atoms. The monoisotopic (exact) mass is 296 g/mol. The Bertz CT molecular complexity index is 477. The maximum atomic E-state index is 11.7. The molecule has 1 aromatic rings. The Morgan fingerprint density at radius 2 is 1.67 bits per heavy atom. The zero-order chi connectivity index (χ0) is 15.8. The first-order chi connectivity index (χ1) is 10.1. The number of hydrogen-bond acceptors (Lipinski definition) is 5. The number of ether oxygens (including phenoxy) is 3. The molecule has 0 aliphatic heterocycles. The molecule has 0 aliphatic carbocycles. The molecule has 2 N–H and O–H groups in total. The van der Waals surface area contributed by atoms with Gasteiger partial charge in [-0.25, -0.2) is 0 Å². The van der Waals surface area contributed by atoms with Gasteiger partial charge in [0.2, 0.25) is 5.91 Å². The van der Waals surface area contributed by atoms with Gasteiger partial charge in [-0.15, -0.1) is 0 Å². The number of carbonyl (C=O) groups excluding carboxylic acids is 1. The molecule has 6 heteroatoms. The maximum Gasteiger partial charge on any atom is 0.236 e. The minimum Gasteiger partial charge on any atom is -0.496 e. The lowest BCUT2D eigenvalue weighted by atomic mass is 10.1. The van der Waals surface area contributed by atoms with E-state index in [1.807, 2.05) is 19.9 Å². The molecule has 118 valence electrons. The van der Waals surface area contributed by atoms with Crippen molar-refractivity contribution in [3.05, 3.63) is 17.7 Å². The molecule has 1 atom stereocenters. The van der Waals surface area contributed by atoms with E-state index in [0.717, 1.165) is 5.56 Å². The summed E-state index contributed by atoms with van der Waals surface area (Å²) in [7, 11) is 4.75. The maximum absolute atomic E-state index is 11.7. The zero-order valence-electron chi connectivity index (χ0n) is 13.3. The van der Waals surface area contributed by atoms with Gasteiger partial charge < -0.3 is 24.8 Å². The average molecular weight is 296 g/mol. The van der Waals surface area contributed by atoms with Crippen LogP contribution in [0.3, 0.4) is 0 Å². The highest BCUT2D eigenvalue weighted by Crippen LogP contribution is 2.34. The largest absolute Gasteiger partial charge is 0.496 e. The quantitative estimate of drug-likeness (QED) is 0.757. The van der Waals surface area contributed by atoms with Gasteiger partial charge in [-0.1, -0.05) is 0 Å². The van der Waals surface area contributed by atoms with Crippen molar-refractivity contribution < 1.29 is 19.0 Å². The van der Waals surface area contributed by atoms with Gasteiger partial charge in [-0.3, -0.25) is 4.79 Å². The lowest BCUT2D eigenvalue weighted by molar-refractivity contribution is -0.122. The summed E-state index contributed by atoms with van der Waals surface area (Å²) in [6, 6.07) is 3.32. The molecule has 1 aromatic carbocycles. The lowest BCUT2D eigenvalue weighted by Crippen LogP contribution is -2.41. The van der Waals surface area contributed by atoms with E-state index in [1.165, 1.54) is 0 Å². The SMILES string of the molecule is CCNC(=O)C(C)NCc1cc(OC)c(OC)cc1OC. The summed E-state index contributed by atoms with van der Waals surface area (Å²) in [4.78, 5) is 11.7. The lowest BCUT2D eigenvalue weighted by Gasteiger charge is -2.17. The Labute approximate surface area is 125 Å². The van der Waals surface area contributed by atoms with Crippen LogP contribution in [0, 0.1) is 0 Å². The Morgan fingerprint density at radius 1 is 1.10 bits per heavy atom. The summed E-state index contributed by atoms with van der Waals surface area (Å²) < 4.78 is 15.9. The first-order valence-electron chi connectivity index (χ1n) is 6.87. The molecule has 0 aliphatic rings. The summed E-state index contributed by atoms with van der Waals surface area (Å²) in [6.45, 7) is 4.81. The van der Waals surface area contributed by atoms with E-state index in [4.69, 9.17) is 14.2 Å². The molecule has 6 nitrogen and oxygen atoms in total. The van der Waals surface area contributed by atoms with Gasteiger partial charge in [-0.2, -0.15) is 0 Å². The number of benzene rings is 1. The number of hydrogen-bond donors (Lipinski definition) is 2. The van der Waals surface area contributed by atoms with Crippen LogP contribution in [0.5, 0.6) is 17.2 Å². The molecular weight excluding hydrogens is 272 g/mol. The molecule has 1 amide bonds. The van der Waals surface area contributed by atoms with Crippen LogP contribution in [0.15, 0.2) is 12.1 Å². The van der Waals surface area contributed by atoms with Gasteiger partial charge in [0.15, 0.2) is 11.5 Å². The predicted molar refractivity (Wildman–Crippen MR) is 81.1 cm³/mol. The fraction of sp³-hybridized carbons (Fsp3) is 0.533. The normalized spacial score (nSPS) is 11.7. The Hall–Kier alpha value is -1.95. The topological polar surface area (TPSA) is 68.8 Å². The number of rotatable bonds is 8. The third-order valence-corrected chi connectivity index (χ3v) is 3.13. The van der Waals surface area contributed by atoms with Crippen molar-refractivity contribution >= 4 is 5.91 Å². The van der Waals surface area contributed by atoms with E-state index in [0.29, 0.717) is 30.3 Å². The molecule has 0 saturated carbocycles. The second kappa shape index (κ2) is 8.36. The van der Waals surface area contributed by atoms with Crippen molar-refractivity contribution in [2.75, 3.05) is 27.9 Å². The second-order valence-corrected chi connectivity index (χ2v) is 4.52. The van der Waals surface area contributed by atoms with E-state index in [-0.39, 0.29) is 11.9 Å². The highest BCUT2D eigenvalue weighted by atomic mass is 16.5. The molecule has 0 saturated heterocycles. The summed E-state index contributed by atoms with van der Waals surface area (Å²) in [6.07, 6.45) is 0. The number of amides is 1. The molecule has 0 bridgehead atoms. The van der Waals surface area contributed by atoms with Crippen molar-refractivity contribution in [1.82, 2.24) is 10.6 Å². The van der Waals surface area contributed by atoms with Gasteiger partial charge in [-0.05, 0) is 19.9 Å². The van der Waals surface area contributed by atoms with Crippen molar-refractivity contribution in [2.45, 2.75) is 26.4 Å². The summed E-state index contributed by atoms with van der Waals surface area (Å²) >= 11 is 0. The van der Waals surface area contributed by atoms with Crippen LogP contribution in [-0.4, -0.2) is 39.8 Å². The molecule has 1 unspecified atom stereocenters. The van der Waals surface area contributed by atoms with Crippen LogP contribution in [0.25, 0.3) is 0 Å². The Kier molecular flexibility index (Phi) is 6.81. The highest BCUT2D eigenvalue weighted by Gasteiger charge is 2.15. The predicted octanol–water partition coefficient (Wildman–Crippen LogP) is 1.33. The van der Waals surface area contributed by atoms with Crippen LogP contribution in [-0.2, 0) is 11.3 Å². The molecule has 1 rings (SSSR count). The number of carbonyl (C=O) groups is 1. The van der Waals surface area contributed by atoms with Crippen molar-refractivity contribution in [1.29, 1.82) is 0 Å². The standard InChI is InChI=1S/C15H24N2O4/c1-6-16-15(18)10(2)17-9-11-7-13(20-4)14(21-5)8-12(11)19-3/h7-8,10,17H,6,9H2,1-5H3,(H,16,18). The smallest absolute Gasteiger partial charge is 0.236 e. The number of methoxy groups -OCH3 is 3. The van der Waals surface area contributed by atoms with E-state index < -0.39 is 0 Å². The molecule has 0 spiro atoms. The van der Waals surface area contributed by atoms with E-state index in [2.05, 4.69) is 10.6 Å². The van der Waals surface area contributed by atoms with Gasteiger partial charge in [0.05, 0.1) is 27.4 Å². The first-order valence-corrected chi connectivity index (χ1v) is 6.87. The van der Waals surface area contributed by atoms with E-state index in [9.17, 15) is 4.79 Å². The van der Waals surface area contributed by atoms with Gasteiger partial charge >= 0.3 is 0 Å². The molecular formula is C15H24N2O4. The van der Waals surface area contributed by atoms with Gasteiger partial charge in [0, 0.05) is 24.7 Å². The van der Waals surface area contributed by atoms with Gasteiger partial charge in [0.1, 0.15) is 5.75 Å². The summed E-state index contributed by atoms with van der Waals surface area (Å²) in [5.41, 5.74) is 0.895. The van der Waals surface area contributed by atoms with Crippen molar-refractivity contribution in [3.63, 3.8) is 0 Å². The van der Waals surface area contributed by atoms with E-state index >= 15 is 0 Å². The van der Waals surface area contributed by atoms with Crippen molar-refractivity contribution in [3.8, 4) is 17.2 Å². The second-order valence-electron chi connectivity index (χ2n) is 4.52. The minimum absolute atomic E-state index is 0.0306. The minimum atomic E-state index is -0.289. The molecule has 0 radical (unpaired) electrons. The van der Waals surface area contributed by atoms with Crippen molar-refractivity contribution in [2.24, 2.45) is 0 Å². The zero-order valence-corrected chi connectivity index (χ0v) is 13.3. The summed E-state index contributed by atoms with van der Waals surface area (Å²) in [5.74, 6) is 1.89. The number of likely N-dealkylation sites (N-methyl/N-ethyl adjacent to an activating group) is 1.